The van der Waals surface area contributed by atoms with E-state index in [1.165, 1.54) is 18.2 Å². The smallest absolute Gasteiger partial charge is 0.260 e. The first-order valence-electron chi connectivity index (χ1n) is 6.44. The third-order valence-electron chi connectivity index (χ3n) is 2.81. The zero-order chi connectivity index (χ0) is 15.1. The highest BCUT2D eigenvalue weighted by molar-refractivity contribution is 9.10. The molecule has 1 amide bonds. The van der Waals surface area contributed by atoms with Gasteiger partial charge in [-0.2, -0.15) is 0 Å². The van der Waals surface area contributed by atoms with E-state index >= 15 is 0 Å². The number of amides is 1. The van der Waals surface area contributed by atoms with Crippen LogP contribution in [0.25, 0.3) is 0 Å². The molecule has 0 saturated carbocycles. The Balaban J connectivity index is 2.49. The Morgan fingerprint density at radius 1 is 1.50 bits per heavy atom. The molecule has 0 aliphatic rings. The van der Waals surface area contributed by atoms with Crippen molar-refractivity contribution in [3.05, 3.63) is 28.5 Å². The molecule has 1 aromatic rings. The van der Waals surface area contributed by atoms with Gasteiger partial charge in [-0.15, -0.1) is 0 Å². The van der Waals surface area contributed by atoms with E-state index in [2.05, 4.69) is 21.2 Å². The lowest BCUT2D eigenvalue weighted by Gasteiger charge is -2.17. The van der Waals surface area contributed by atoms with E-state index in [0.29, 0.717) is 23.2 Å². The minimum Gasteiger partial charge on any atom is -0.480 e. The maximum Gasteiger partial charge on any atom is 0.260 e. The monoisotopic (exact) mass is 347 g/mol. The van der Waals surface area contributed by atoms with Crippen molar-refractivity contribution in [1.82, 2.24) is 5.32 Å². The van der Waals surface area contributed by atoms with Gasteiger partial charge in [0.25, 0.3) is 5.91 Å². The molecule has 1 aromatic carbocycles. The molecule has 112 valence electrons. The second kappa shape index (κ2) is 8.21. The molecular formula is C14H19BrFNO3. The van der Waals surface area contributed by atoms with Crippen LogP contribution in [0.3, 0.4) is 0 Å². The number of ether oxygens (including phenoxy) is 1. The molecule has 0 spiro atoms. The van der Waals surface area contributed by atoms with E-state index in [-0.39, 0.29) is 24.2 Å². The molecule has 0 bridgehead atoms. The van der Waals surface area contributed by atoms with E-state index in [0.717, 1.165) is 0 Å². The minimum atomic E-state index is -0.682. The van der Waals surface area contributed by atoms with Gasteiger partial charge in [-0.25, -0.2) is 4.39 Å². The van der Waals surface area contributed by atoms with E-state index in [4.69, 9.17) is 9.84 Å². The summed E-state index contributed by atoms with van der Waals surface area (Å²) in [5.74, 6) is -0.00339. The molecule has 2 unspecified atom stereocenters. The Hall–Kier alpha value is -1.14. The van der Waals surface area contributed by atoms with Gasteiger partial charge in [0.05, 0.1) is 4.47 Å². The summed E-state index contributed by atoms with van der Waals surface area (Å²) >= 11 is 3.18. The zero-order valence-electron chi connectivity index (χ0n) is 11.5. The van der Waals surface area contributed by atoms with Crippen molar-refractivity contribution in [2.24, 2.45) is 5.92 Å². The van der Waals surface area contributed by atoms with E-state index in [1.54, 1.807) is 6.92 Å². The van der Waals surface area contributed by atoms with Crippen LogP contribution in [0.4, 0.5) is 4.39 Å². The second-order valence-corrected chi connectivity index (χ2v) is 5.55. The number of aliphatic hydroxyl groups is 1. The average molecular weight is 348 g/mol. The lowest BCUT2D eigenvalue weighted by Crippen LogP contribution is -2.38. The number of rotatable bonds is 7. The summed E-state index contributed by atoms with van der Waals surface area (Å²) in [5, 5.41) is 11.5. The van der Waals surface area contributed by atoms with Crippen LogP contribution in [0.5, 0.6) is 5.75 Å². The standard InChI is InChI=1S/C14H19BrFNO3/c1-9(5-6-18)8-17-14(19)10(2)20-13-4-3-11(16)7-12(13)15/h3-4,7,9-10,18H,5-6,8H2,1-2H3,(H,17,19). The molecule has 0 saturated heterocycles. The van der Waals surface area contributed by atoms with Crippen LogP contribution in [0.15, 0.2) is 22.7 Å². The maximum absolute atomic E-state index is 12.9. The molecule has 20 heavy (non-hydrogen) atoms. The molecule has 0 aliphatic carbocycles. The summed E-state index contributed by atoms with van der Waals surface area (Å²) in [6.07, 6.45) is -0.0444. The number of carbonyl (C=O) groups is 1. The van der Waals surface area contributed by atoms with Crippen LogP contribution in [-0.4, -0.2) is 30.3 Å². The Morgan fingerprint density at radius 3 is 2.80 bits per heavy atom. The molecule has 2 N–H and O–H groups in total. The second-order valence-electron chi connectivity index (χ2n) is 4.70. The lowest BCUT2D eigenvalue weighted by molar-refractivity contribution is -0.127. The first kappa shape index (κ1) is 16.9. The van der Waals surface area contributed by atoms with Crippen molar-refractivity contribution in [2.75, 3.05) is 13.2 Å². The summed E-state index contributed by atoms with van der Waals surface area (Å²) in [4.78, 5) is 11.8. The fourth-order valence-corrected chi connectivity index (χ4v) is 2.00. The van der Waals surface area contributed by atoms with E-state index in [9.17, 15) is 9.18 Å². The van der Waals surface area contributed by atoms with Gasteiger partial charge < -0.3 is 15.2 Å². The van der Waals surface area contributed by atoms with Crippen molar-refractivity contribution < 1.29 is 19.0 Å². The molecule has 0 heterocycles. The minimum absolute atomic E-state index is 0.103. The van der Waals surface area contributed by atoms with E-state index in [1.807, 2.05) is 6.92 Å². The normalized spacial score (nSPS) is 13.7. The van der Waals surface area contributed by atoms with Gasteiger partial charge in [0.15, 0.2) is 6.10 Å². The van der Waals surface area contributed by atoms with Crippen LogP contribution in [0, 0.1) is 11.7 Å². The number of nitrogens with one attached hydrogen (secondary N) is 1. The van der Waals surface area contributed by atoms with Crippen molar-refractivity contribution in [1.29, 1.82) is 0 Å². The van der Waals surface area contributed by atoms with Gasteiger partial charge in [0.2, 0.25) is 0 Å². The van der Waals surface area contributed by atoms with Crippen molar-refractivity contribution >= 4 is 21.8 Å². The SMILES string of the molecule is CC(CCO)CNC(=O)C(C)Oc1ccc(F)cc1Br. The number of carbonyl (C=O) groups excluding carboxylic acids is 1. The predicted octanol–water partition coefficient (Wildman–Crippen LogP) is 2.49. The van der Waals surface area contributed by atoms with Gasteiger partial charge >= 0.3 is 0 Å². The van der Waals surface area contributed by atoms with Crippen LogP contribution in [0.1, 0.15) is 20.3 Å². The van der Waals surface area contributed by atoms with Gasteiger partial charge in [0, 0.05) is 13.2 Å². The molecular weight excluding hydrogens is 329 g/mol. The van der Waals surface area contributed by atoms with E-state index < -0.39 is 6.10 Å². The number of hydrogen-bond donors (Lipinski definition) is 2. The van der Waals surface area contributed by atoms with Crippen LogP contribution in [0.2, 0.25) is 0 Å². The van der Waals surface area contributed by atoms with Gasteiger partial charge in [-0.05, 0) is 53.4 Å². The maximum atomic E-state index is 12.9. The number of hydrogen-bond acceptors (Lipinski definition) is 3. The Morgan fingerprint density at radius 2 is 2.20 bits per heavy atom. The molecule has 0 aromatic heterocycles. The average Bonchev–Trinajstić information content (AvgIpc) is 2.39. The van der Waals surface area contributed by atoms with Crippen LogP contribution < -0.4 is 10.1 Å². The van der Waals surface area contributed by atoms with Crippen LogP contribution in [-0.2, 0) is 4.79 Å². The molecule has 0 radical (unpaired) electrons. The molecule has 1 rings (SSSR count). The highest BCUT2D eigenvalue weighted by atomic mass is 79.9. The Kier molecular flexibility index (Phi) is 6.95. The molecule has 0 fully saturated rings. The highest BCUT2D eigenvalue weighted by Crippen LogP contribution is 2.26. The number of halogens is 2. The number of benzene rings is 1. The third kappa shape index (κ3) is 5.46. The predicted molar refractivity (Wildman–Crippen MR) is 78.1 cm³/mol. The van der Waals surface area contributed by atoms with Crippen LogP contribution >= 0.6 is 15.9 Å². The summed E-state index contributed by atoms with van der Waals surface area (Å²) in [6, 6.07) is 4.02. The first-order valence-corrected chi connectivity index (χ1v) is 7.23. The fourth-order valence-electron chi connectivity index (χ4n) is 1.56. The highest BCUT2D eigenvalue weighted by Gasteiger charge is 2.16. The summed E-state index contributed by atoms with van der Waals surface area (Å²) in [5.41, 5.74) is 0. The van der Waals surface area contributed by atoms with Gasteiger partial charge in [-0.1, -0.05) is 6.92 Å². The molecule has 4 nitrogen and oxygen atoms in total. The van der Waals surface area contributed by atoms with Crippen molar-refractivity contribution in [3.63, 3.8) is 0 Å². The van der Waals surface area contributed by atoms with Crippen molar-refractivity contribution in [2.45, 2.75) is 26.4 Å². The van der Waals surface area contributed by atoms with Gasteiger partial charge in [0.1, 0.15) is 11.6 Å². The van der Waals surface area contributed by atoms with Gasteiger partial charge in [-0.3, -0.25) is 4.79 Å². The third-order valence-corrected chi connectivity index (χ3v) is 3.43. The Labute approximate surface area is 126 Å². The summed E-state index contributed by atoms with van der Waals surface area (Å²) < 4.78 is 18.9. The summed E-state index contributed by atoms with van der Waals surface area (Å²) in [7, 11) is 0. The molecule has 6 heteroatoms. The molecule has 2 atom stereocenters. The quantitative estimate of drug-likeness (QED) is 0.796. The van der Waals surface area contributed by atoms with Crippen molar-refractivity contribution in [3.8, 4) is 5.75 Å². The molecule has 0 aliphatic heterocycles. The lowest BCUT2D eigenvalue weighted by atomic mass is 10.1. The largest absolute Gasteiger partial charge is 0.480 e. The zero-order valence-corrected chi connectivity index (χ0v) is 13.1. The Bertz CT molecular complexity index is 456. The first-order chi connectivity index (χ1) is 9.43. The fraction of sp³-hybridized carbons (Fsp3) is 0.500. The number of aliphatic hydroxyl groups excluding tert-OH is 1. The topological polar surface area (TPSA) is 58.6 Å². The summed E-state index contributed by atoms with van der Waals surface area (Å²) in [6.45, 7) is 4.16.